The number of carboxylic acid groups (broad SMARTS) is 1. The molecule has 1 aliphatic heterocycles. The molecule has 1 aliphatic rings. The lowest BCUT2D eigenvalue weighted by molar-refractivity contribution is -0.141. The Morgan fingerprint density at radius 1 is 1.63 bits per heavy atom. The van der Waals surface area contributed by atoms with Crippen molar-refractivity contribution >= 4 is 17.3 Å². The van der Waals surface area contributed by atoms with Gasteiger partial charge in [0.25, 0.3) is 0 Å². The average Bonchev–Trinajstić information content (AvgIpc) is 3.09. The van der Waals surface area contributed by atoms with Crippen LogP contribution in [0, 0.1) is 5.92 Å². The Bertz CT molecular complexity index is 564. The molecule has 19 heavy (non-hydrogen) atoms. The minimum Gasteiger partial charge on any atom is -0.481 e. The van der Waals surface area contributed by atoms with E-state index < -0.39 is 5.97 Å². The number of aliphatic carboxylic acids is 1. The zero-order valence-electron chi connectivity index (χ0n) is 10.3. The highest BCUT2D eigenvalue weighted by Crippen LogP contribution is 2.25. The summed E-state index contributed by atoms with van der Waals surface area (Å²) in [5, 5.41) is 11.9. The third-order valence-corrected chi connectivity index (χ3v) is 4.27. The summed E-state index contributed by atoms with van der Waals surface area (Å²) in [6.07, 6.45) is 4.04. The van der Waals surface area contributed by atoms with E-state index in [0.29, 0.717) is 6.54 Å². The van der Waals surface area contributed by atoms with Gasteiger partial charge in [0, 0.05) is 24.0 Å². The number of carboxylic acids is 1. The maximum absolute atomic E-state index is 10.9. The van der Waals surface area contributed by atoms with Crippen molar-refractivity contribution in [3.8, 4) is 10.6 Å². The summed E-state index contributed by atoms with van der Waals surface area (Å²) in [6.45, 7) is 2.17. The summed E-state index contributed by atoms with van der Waals surface area (Å²) in [7, 11) is 0. The maximum atomic E-state index is 10.9. The molecule has 3 heterocycles. The fraction of sp³-hybridized carbons (Fsp3) is 0.385. The first-order chi connectivity index (χ1) is 9.22. The summed E-state index contributed by atoms with van der Waals surface area (Å²) in [4.78, 5) is 17.6. The zero-order valence-corrected chi connectivity index (χ0v) is 11.1. The number of thiazole rings is 1. The normalized spacial score (nSPS) is 19.9. The quantitative estimate of drug-likeness (QED) is 0.929. The van der Waals surface area contributed by atoms with E-state index in [1.807, 2.05) is 11.4 Å². The van der Waals surface area contributed by atoms with Crippen molar-refractivity contribution < 1.29 is 14.3 Å². The minimum atomic E-state index is -0.695. The van der Waals surface area contributed by atoms with Gasteiger partial charge in [-0.2, -0.15) is 0 Å². The highest BCUT2D eigenvalue weighted by molar-refractivity contribution is 7.13. The van der Waals surface area contributed by atoms with Crippen molar-refractivity contribution in [3.63, 3.8) is 0 Å². The van der Waals surface area contributed by atoms with Crippen LogP contribution in [0.1, 0.15) is 12.1 Å². The zero-order chi connectivity index (χ0) is 13.2. The molecule has 0 radical (unpaired) electrons. The Morgan fingerprint density at radius 3 is 3.21 bits per heavy atom. The standard InChI is InChI=1S/C13H14N2O3S/c16-13(17)9-1-3-15(5-9)6-11-8-19-12(14-11)10-2-4-18-7-10/h2,4,7-9H,1,3,5-6H2,(H,16,17). The number of aromatic nitrogens is 1. The number of nitrogens with zero attached hydrogens (tertiary/aromatic N) is 2. The molecular weight excluding hydrogens is 264 g/mol. The molecule has 0 aliphatic carbocycles. The molecule has 1 fully saturated rings. The monoisotopic (exact) mass is 278 g/mol. The molecule has 0 saturated carbocycles. The van der Waals surface area contributed by atoms with Gasteiger partial charge in [0.15, 0.2) is 0 Å². The van der Waals surface area contributed by atoms with Gasteiger partial charge in [-0.3, -0.25) is 9.69 Å². The van der Waals surface area contributed by atoms with Gasteiger partial charge in [0.05, 0.1) is 17.9 Å². The van der Waals surface area contributed by atoms with E-state index in [2.05, 4.69) is 9.88 Å². The van der Waals surface area contributed by atoms with Gasteiger partial charge in [-0.25, -0.2) is 4.98 Å². The van der Waals surface area contributed by atoms with Crippen LogP contribution < -0.4 is 0 Å². The molecule has 2 aromatic rings. The highest BCUT2D eigenvalue weighted by atomic mass is 32.1. The molecule has 1 atom stereocenters. The van der Waals surface area contributed by atoms with E-state index in [-0.39, 0.29) is 5.92 Å². The maximum Gasteiger partial charge on any atom is 0.307 e. The lowest BCUT2D eigenvalue weighted by Crippen LogP contribution is -2.22. The second kappa shape index (κ2) is 5.14. The highest BCUT2D eigenvalue weighted by Gasteiger charge is 2.28. The third-order valence-electron chi connectivity index (χ3n) is 3.33. The number of carbonyl (C=O) groups is 1. The predicted molar refractivity (Wildman–Crippen MR) is 70.8 cm³/mol. The SMILES string of the molecule is O=C(O)C1CCN(Cc2csc(-c3ccoc3)n2)C1. The van der Waals surface area contributed by atoms with Crippen LogP contribution in [0.2, 0.25) is 0 Å². The van der Waals surface area contributed by atoms with E-state index in [1.165, 1.54) is 0 Å². The van der Waals surface area contributed by atoms with Crippen molar-refractivity contribution in [1.29, 1.82) is 0 Å². The van der Waals surface area contributed by atoms with Crippen LogP contribution in [0.15, 0.2) is 28.4 Å². The van der Waals surface area contributed by atoms with Crippen molar-refractivity contribution in [2.24, 2.45) is 5.92 Å². The average molecular weight is 278 g/mol. The van der Waals surface area contributed by atoms with Crippen LogP contribution in [0.5, 0.6) is 0 Å². The van der Waals surface area contributed by atoms with Gasteiger partial charge >= 0.3 is 5.97 Å². The Kier molecular flexibility index (Phi) is 3.35. The molecule has 2 aromatic heterocycles. The van der Waals surface area contributed by atoms with E-state index in [4.69, 9.17) is 9.52 Å². The van der Waals surface area contributed by atoms with Crippen LogP contribution in [0.25, 0.3) is 10.6 Å². The number of furan rings is 1. The second-order valence-electron chi connectivity index (χ2n) is 4.71. The van der Waals surface area contributed by atoms with Gasteiger partial charge in [-0.15, -0.1) is 11.3 Å². The Labute approximate surface area is 114 Å². The number of rotatable bonds is 4. The number of hydrogen-bond donors (Lipinski definition) is 1. The predicted octanol–water partition coefficient (Wildman–Crippen LogP) is 2.31. The molecule has 1 N–H and O–H groups in total. The van der Waals surface area contributed by atoms with Crippen LogP contribution in [0.3, 0.4) is 0 Å². The van der Waals surface area contributed by atoms with Gasteiger partial charge in [-0.05, 0) is 19.0 Å². The molecule has 3 rings (SSSR count). The van der Waals surface area contributed by atoms with Crippen molar-refractivity contribution in [2.45, 2.75) is 13.0 Å². The van der Waals surface area contributed by atoms with E-state index >= 15 is 0 Å². The van der Waals surface area contributed by atoms with Crippen LogP contribution in [-0.2, 0) is 11.3 Å². The fourth-order valence-electron chi connectivity index (χ4n) is 2.31. The molecule has 5 nitrogen and oxygen atoms in total. The minimum absolute atomic E-state index is 0.230. The van der Waals surface area contributed by atoms with Crippen molar-refractivity contribution in [2.75, 3.05) is 13.1 Å². The van der Waals surface area contributed by atoms with Gasteiger partial charge in [-0.1, -0.05) is 0 Å². The fourth-order valence-corrected chi connectivity index (χ4v) is 3.10. The van der Waals surface area contributed by atoms with Gasteiger partial charge in [0.2, 0.25) is 0 Å². The molecule has 100 valence electrons. The van der Waals surface area contributed by atoms with Crippen LogP contribution in [-0.4, -0.2) is 34.0 Å². The Morgan fingerprint density at radius 2 is 2.53 bits per heavy atom. The van der Waals surface area contributed by atoms with Gasteiger partial charge < -0.3 is 9.52 Å². The third kappa shape index (κ3) is 2.69. The van der Waals surface area contributed by atoms with E-state index in [1.54, 1.807) is 23.9 Å². The summed E-state index contributed by atoms with van der Waals surface area (Å²) in [5.74, 6) is -0.924. The molecule has 1 unspecified atom stereocenters. The smallest absolute Gasteiger partial charge is 0.307 e. The second-order valence-corrected chi connectivity index (χ2v) is 5.57. The summed E-state index contributed by atoms with van der Waals surface area (Å²) >= 11 is 1.58. The van der Waals surface area contributed by atoms with Crippen LogP contribution >= 0.6 is 11.3 Å². The van der Waals surface area contributed by atoms with E-state index in [0.717, 1.165) is 35.8 Å². The first-order valence-electron chi connectivity index (χ1n) is 6.14. The molecular formula is C13H14N2O3S. The van der Waals surface area contributed by atoms with E-state index in [9.17, 15) is 4.79 Å². The lowest BCUT2D eigenvalue weighted by atomic mass is 10.1. The molecule has 0 spiro atoms. The first-order valence-corrected chi connectivity index (χ1v) is 7.02. The van der Waals surface area contributed by atoms with Gasteiger partial charge in [0.1, 0.15) is 11.3 Å². The number of likely N-dealkylation sites (tertiary alicyclic amines) is 1. The summed E-state index contributed by atoms with van der Waals surface area (Å²) in [6, 6.07) is 1.89. The van der Waals surface area contributed by atoms with Crippen molar-refractivity contribution in [3.05, 3.63) is 29.7 Å². The first kappa shape index (κ1) is 12.4. The molecule has 0 bridgehead atoms. The Hall–Kier alpha value is -1.66. The van der Waals surface area contributed by atoms with Crippen LogP contribution in [0.4, 0.5) is 0 Å². The summed E-state index contributed by atoms with van der Waals surface area (Å²) in [5.41, 5.74) is 1.98. The topological polar surface area (TPSA) is 66.6 Å². The lowest BCUT2D eigenvalue weighted by Gasteiger charge is -2.12. The summed E-state index contributed by atoms with van der Waals surface area (Å²) < 4.78 is 5.04. The molecule has 1 saturated heterocycles. The largest absolute Gasteiger partial charge is 0.481 e. The molecule has 0 amide bonds. The molecule has 0 aromatic carbocycles. The number of hydrogen-bond acceptors (Lipinski definition) is 5. The Balaban J connectivity index is 1.64. The molecule has 6 heteroatoms. The van der Waals surface area contributed by atoms with Crippen molar-refractivity contribution in [1.82, 2.24) is 9.88 Å².